The van der Waals surface area contributed by atoms with Gasteiger partial charge in [0, 0.05) is 5.56 Å². The number of hydrogen-bond donors (Lipinski definition) is 1. The van der Waals surface area contributed by atoms with Gasteiger partial charge in [-0.3, -0.25) is 4.79 Å². The van der Waals surface area contributed by atoms with Crippen LogP contribution in [0, 0.1) is 0 Å². The Labute approximate surface area is 103 Å². The number of esters is 1. The van der Waals surface area contributed by atoms with Gasteiger partial charge in [0.2, 0.25) is 0 Å². The molecule has 0 radical (unpaired) electrons. The Morgan fingerprint density at radius 2 is 1.94 bits per heavy atom. The number of halogens is 3. The maximum Gasteiger partial charge on any atom is 0.387 e. The first-order valence-corrected chi connectivity index (χ1v) is 4.43. The summed E-state index contributed by atoms with van der Waals surface area (Å²) in [6, 6.07) is 4.67. The molecule has 0 aromatic heterocycles. The van der Waals surface area contributed by atoms with Gasteiger partial charge in [0.15, 0.2) is 0 Å². The van der Waals surface area contributed by atoms with Gasteiger partial charge in [0.1, 0.15) is 11.8 Å². The molecular weight excluding hydrogens is 256 g/mol. The van der Waals surface area contributed by atoms with E-state index in [-0.39, 0.29) is 23.7 Å². The lowest BCUT2D eigenvalue weighted by molar-refractivity contribution is -0.142. The molecule has 1 atom stereocenters. The van der Waals surface area contributed by atoms with Gasteiger partial charge in [-0.15, -0.1) is 12.4 Å². The van der Waals surface area contributed by atoms with E-state index in [0.29, 0.717) is 0 Å². The Bertz CT molecular complexity index is 376. The van der Waals surface area contributed by atoms with Crippen molar-refractivity contribution in [2.24, 2.45) is 5.73 Å². The smallest absolute Gasteiger partial charge is 0.387 e. The van der Waals surface area contributed by atoms with Crippen molar-refractivity contribution in [3.05, 3.63) is 29.8 Å². The highest BCUT2D eigenvalue weighted by molar-refractivity contribution is 5.85. The fraction of sp³-hybridized carbons (Fsp3) is 0.300. The van der Waals surface area contributed by atoms with E-state index in [4.69, 9.17) is 5.73 Å². The van der Waals surface area contributed by atoms with E-state index in [1.165, 1.54) is 25.3 Å². The fourth-order valence-electron chi connectivity index (χ4n) is 1.19. The van der Waals surface area contributed by atoms with Crippen molar-refractivity contribution in [2.45, 2.75) is 12.7 Å². The second-order valence-electron chi connectivity index (χ2n) is 2.92. The van der Waals surface area contributed by atoms with Crippen molar-refractivity contribution >= 4 is 18.4 Å². The van der Waals surface area contributed by atoms with E-state index >= 15 is 0 Å². The highest BCUT2D eigenvalue weighted by Gasteiger charge is 2.21. The van der Waals surface area contributed by atoms with E-state index in [9.17, 15) is 13.6 Å². The van der Waals surface area contributed by atoms with Crippen molar-refractivity contribution in [2.75, 3.05) is 7.11 Å². The van der Waals surface area contributed by atoms with E-state index in [1.807, 2.05) is 0 Å². The summed E-state index contributed by atoms with van der Waals surface area (Å²) >= 11 is 0. The van der Waals surface area contributed by atoms with Crippen molar-refractivity contribution in [1.82, 2.24) is 0 Å². The standard InChI is InChI=1S/C10H11F2NO3.ClH/c1-15-9(14)8(13)6-4-2-3-5-7(6)16-10(11)12;/h2-5,8,10H,13H2,1H3;1H/t8-;/m1./s1. The Morgan fingerprint density at radius 1 is 1.35 bits per heavy atom. The number of carbonyl (C=O) groups excluding carboxylic acids is 1. The summed E-state index contributed by atoms with van der Waals surface area (Å²) < 4.78 is 32.8. The van der Waals surface area contributed by atoms with E-state index < -0.39 is 18.6 Å². The molecule has 0 aliphatic rings. The van der Waals surface area contributed by atoms with Crippen LogP contribution in [0.4, 0.5) is 8.78 Å². The number of rotatable bonds is 4. The largest absolute Gasteiger partial charge is 0.468 e. The summed E-state index contributed by atoms with van der Waals surface area (Å²) in [5, 5.41) is 0. The predicted octanol–water partition coefficient (Wildman–Crippen LogP) is 1.88. The zero-order chi connectivity index (χ0) is 12.1. The summed E-state index contributed by atoms with van der Waals surface area (Å²) in [6.07, 6.45) is 0. The third-order valence-electron chi connectivity index (χ3n) is 1.93. The summed E-state index contributed by atoms with van der Waals surface area (Å²) in [5.41, 5.74) is 5.69. The van der Waals surface area contributed by atoms with Crippen LogP contribution in [-0.4, -0.2) is 19.7 Å². The number of ether oxygens (including phenoxy) is 2. The second kappa shape index (κ2) is 7.03. The van der Waals surface area contributed by atoms with Gasteiger partial charge in [-0.25, -0.2) is 0 Å². The molecule has 0 bridgehead atoms. The predicted molar refractivity (Wildman–Crippen MR) is 59.3 cm³/mol. The molecule has 0 saturated heterocycles. The monoisotopic (exact) mass is 267 g/mol. The van der Waals surface area contributed by atoms with Gasteiger partial charge >= 0.3 is 12.6 Å². The SMILES string of the molecule is COC(=O)[C@H](N)c1ccccc1OC(F)F.Cl. The molecule has 2 N–H and O–H groups in total. The van der Waals surface area contributed by atoms with Crippen molar-refractivity contribution < 1.29 is 23.0 Å². The Kier molecular flexibility index (Phi) is 6.45. The number of alkyl halides is 2. The summed E-state index contributed by atoms with van der Waals surface area (Å²) in [4.78, 5) is 11.2. The third-order valence-corrected chi connectivity index (χ3v) is 1.93. The Balaban J connectivity index is 0.00000256. The molecule has 0 unspecified atom stereocenters. The first-order chi connectivity index (χ1) is 7.56. The van der Waals surface area contributed by atoms with Gasteiger partial charge in [-0.1, -0.05) is 18.2 Å². The molecule has 0 amide bonds. The molecule has 17 heavy (non-hydrogen) atoms. The van der Waals surface area contributed by atoms with Crippen LogP contribution in [0.1, 0.15) is 11.6 Å². The van der Waals surface area contributed by atoms with Crippen LogP contribution in [0.15, 0.2) is 24.3 Å². The molecule has 0 aliphatic heterocycles. The van der Waals surface area contributed by atoms with Crippen LogP contribution in [0.3, 0.4) is 0 Å². The molecule has 0 spiro atoms. The molecule has 0 saturated carbocycles. The first kappa shape index (κ1) is 15.6. The zero-order valence-corrected chi connectivity index (χ0v) is 9.75. The minimum Gasteiger partial charge on any atom is -0.468 e. The Morgan fingerprint density at radius 3 is 2.47 bits per heavy atom. The van der Waals surface area contributed by atoms with Crippen LogP contribution in [0.2, 0.25) is 0 Å². The van der Waals surface area contributed by atoms with Crippen LogP contribution < -0.4 is 10.5 Å². The van der Waals surface area contributed by atoms with Gasteiger partial charge in [0.25, 0.3) is 0 Å². The lowest BCUT2D eigenvalue weighted by Crippen LogP contribution is -2.23. The van der Waals surface area contributed by atoms with Crippen molar-refractivity contribution in [1.29, 1.82) is 0 Å². The second-order valence-corrected chi connectivity index (χ2v) is 2.92. The van der Waals surface area contributed by atoms with Crippen LogP contribution in [0.5, 0.6) is 5.75 Å². The average molecular weight is 268 g/mol. The molecule has 1 rings (SSSR count). The lowest BCUT2D eigenvalue weighted by Gasteiger charge is -2.14. The van der Waals surface area contributed by atoms with Gasteiger partial charge in [-0.05, 0) is 6.07 Å². The molecule has 4 nitrogen and oxygen atoms in total. The zero-order valence-electron chi connectivity index (χ0n) is 8.93. The van der Waals surface area contributed by atoms with Gasteiger partial charge < -0.3 is 15.2 Å². The van der Waals surface area contributed by atoms with Crippen LogP contribution >= 0.6 is 12.4 Å². The van der Waals surface area contributed by atoms with Crippen molar-refractivity contribution in [3.63, 3.8) is 0 Å². The molecule has 96 valence electrons. The molecule has 7 heteroatoms. The summed E-state index contributed by atoms with van der Waals surface area (Å²) in [5.74, 6) is -0.847. The Hall–Kier alpha value is -1.40. The normalized spacial score (nSPS) is 11.6. The number of benzene rings is 1. The number of nitrogens with two attached hydrogens (primary N) is 1. The molecule has 1 aromatic carbocycles. The fourth-order valence-corrected chi connectivity index (χ4v) is 1.19. The topological polar surface area (TPSA) is 61.5 Å². The molecule has 0 fully saturated rings. The number of para-hydroxylation sites is 1. The van der Waals surface area contributed by atoms with E-state index in [1.54, 1.807) is 6.07 Å². The molecule has 0 aliphatic carbocycles. The summed E-state index contributed by atoms with van der Waals surface area (Å²) in [6.45, 7) is -2.97. The molecule has 0 heterocycles. The van der Waals surface area contributed by atoms with Gasteiger partial charge in [0.05, 0.1) is 7.11 Å². The summed E-state index contributed by atoms with van der Waals surface area (Å²) in [7, 11) is 1.17. The number of methoxy groups -OCH3 is 1. The highest BCUT2D eigenvalue weighted by Crippen LogP contribution is 2.25. The maximum absolute atomic E-state index is 12.1. The highest BCUT2D eigenvalue weighted by atomic mass is 35.5. The maximum atomic E-state index is 12.1. The third kappa shape index (κ3) is 4.16. The average Bonchev–Trinajstić information content (AvgIpc) is 2.27. The number of hydrogen-bond acceptors (Lipinski definition) is 4. The van der Waals surface area contributed by atoms with Crippen LogP contribution in [-0.2, 0) is 9.53 Å². The van der Waals surface area contributed by atoms with Gasteiger partial charge in [-0.2, -0.15) is 8.78 Å². The minimum atomic E-state index is -2.97. The van der Waals surface area contributed by atoms with Crippen molar-refractivity contribution in [3.8, 4) is 5.75 Å². The van der Waals surface area contributed by atoms with E-state index in [0.717, 1.165) is 0 Å². The minimum absolute atomic E-state index is 0. The molecular formula is C10H12ClF2NO3. The lowest BCUT2D eigenvalue weighted by atomic mass is 10.1. The number of carbonyl (C=O) groups is 1. The quantitative estimate of drug-likeness (QED) is 0.846. The first-order valence-electron chi connectivity index (χ1n) is 4.43. The van der Waals surface area contributed by atoms with Crippen LogP contribution in [0.25, 0.3) is 0 Å². The van der Waals surface area contributed by atoms with E-state index in [2.05, 4.69) is 9.47 Å². The molecule has 1 aromatic rings.